The fourth-order valence-electron chi connectivity index (χ4n) is 1.74. The van der Waals surface area contributed by atoms with E-state index in [1.165, 1.54) is 12.1 Å². The van der Waals surface area contributed by atoms with E-state index in [-0.39, 0.29) is 24.5 Å². The molecular weight excluding hydrogens is 284 g/mol. The molecule has 0 amide bonds. The van der Waals surface area contributed by atoms with Gasteiger partial charge in [-0.1, -0.05) is 6.07 Å². The molecule has 5 nitrogen and oxygen atoms in total. The van der Waals surface area contributed by atoms with Crippen LogP contribution in [0.25, 0.3) is 0 Å². The van der Waals surface area contributed by atoms with Crippen molar-refractivity contribution in [3.8, 4) is 5.75 Å². The number of aliphatic hydroxyl groups is 1. The van der Waals surface area contributed by atoms with Crippen molar-refractivity contribution < 1.29 is 23.5 Å². The van der Waals surface area contributed by atoms with E-state index in [0.717, 1.165) is 24.3 Å². The summed E-state index contributed by atoms with van der Waals surface area (Å²) in [7, 11) is 0. The van der Waals surface area contributed by atoms with Crippen molar-refractivity contribution in [3.63, 3.8) is 0 Å². The zero-order chi connectivity index (χ0) is 15.4. The second kappa shape index (κ2) is 6.27. The lowest BCUT2D eigenvalue weighted by Crippen LogP contribution is -2.00. The first kappa shape index (κ1) is 14.9. The molecule has 0 spiro atoms. The minimum absolute atomic E-state index is 0.0842. The number of non-ortho nitro benzene ring substituents is 1. The maximum absolute atomic E-state index is 13.6. The number of nitro groups is 1. The van der Waals surface area contributed by atoms with Crippen LogP contribution in [0, 0.1) is 21.7 Å². The molecule has 0 radical (unpaired) electrons. The van der Waals surface area contributed by atoms with Gasteiger partial charge in [-0.2, -0.15) is 0 Å². The Labute approximate surface area is 118 Å². The zero-order valence-corrected chi connectivity index (χ0v) is 10.8. The molecule has 0 aliphatic heterocycles. The molecule has 0 aromatic heterocycles. The number of ether oxygens (including phenoxy) is 1. The Morgan fingerprint density at radius 2 is 1.90 bits per heavy atom. The number of aliphatic hydroxyl groups excluding tert-OH is 1. The number of halogens is 2. The molecule has 0 heterocycles. The minimum atomic E-state index is -0.765. The van der Waals surface area contributed by atoms with Gasteiger partial charge >= 0.3 is 0 Å². The predicted molar refractivity (Wildman–Crippen MR) is 69.7 cm³/mol. The number of hydrogen-bond donors (Lipinski definition) is 1. The third kappa shape index (κ3) is 3.73. The lowest BCUT2D eigenvalue weighted by Gasteiger charge is -2.08. The number of nitrogens with zero attached hydrogens (tertiary/aromatic N) is 1. The quantitative estimate of drug-likeness (QED) is 0.680. The summed E-state index contributed by atoms with van der Waals surface area (Å²) in [6.07, 6.45) is 0. The molecular formula is C14H11F2NO4. The summed E-state index contributed by atoms with van der Waals surface area (Å²) in [5.74, 6) is -1.52. The monoisotopic (exact) mass is 295 g/mol. The topological polar surface area (TPSA) is 72.6 Å². The predicted octanol–water partition coefficient (Wildman–Crippen LogP) is 2.94. The minimum Gasteiger partial charge on any atom is -0.486 e. The van der Waals surface area contributed by atoms with Crippen LogP contribution in [0.2, 0.25) is 0 Å². The van der Waals surface area contributed by atoms with E-state index < -0.39 is 22.2 Å². The van der Waals surface area contributed by atoms with Gasteiger partial charge in [0.2, 0.25) is 0 Å². The van der Waals surface area contributed by atoms with Crippen molar-refractivity contribution in [1.82, 2.24) is 0 Å². The third-order valence-electron chi connectivity index (χ3n) is 2.73. The van der Waals surface area contributed by atoms with Crippen molar-refractivity contribution in [3.05, 3.63) is 69.3 Å². The largest absolute Gasteiger partial charge is 0.486 e. The standard InChI is InChI=1S/C14H11F2NO4/c15-11-3-10(4-12(6-11)17(19)20)8-21-14-2-1-9(7-18)5-13(14)16/h1-6,18H,7-8H2. The van der Waals surface area contributed by atoms with Gasteiger partial charge in [0.25, 0.3) is 5.69 Å². The molecule has 0 unspecified atom stereocenters. The summed E-state index contributed by atoms with van der Waals surface area (Å²) >= 11 is 0. The van der Waals surface area contributed by atoms with Gasteiger partial charge in [0.1, 0.15) is 12.4 Å². The van der Waals surface area contributed by atoms with E-state index in [1.807, 2.05) is 0 Å². The maximum atomic E-state index is 13.6. The summed E-state index contributed by atoms with van der Waals surface area (Å²) < 4.78 is 32.0. The van der Waals surface area contributed by atoms with Crippen molar-refractivity contribution in [1.29, 1.82) is 0 Å². The Morgan fingerprint density at radius 1 is 1.14 bits per heavy atom. The molecule has 1 N–H and O–H groups in total. The fourth-order valence-corrected chi connectivity index (χ4v) is 1.74. The van der Waals surface area contributed by atoms with Crippen molar-refractivity contribution in [2.45, 2.75) is 13.2 Å². The third-order valence-corrected chi connectivity index (χ3v) is 2.73. The summed E-state index contributed by atoms with van der Waals surface area (Å²) in [5, 5.41) is 19.5. The highest BCUT2D eigenvalue weighted by atomic mass is 19.1. The summed E-state index contributed by atoms with van der Waals surface area (Å²) in [5.41, 5.74) is 0.207. The van der Waals surface area contributed by atoms with Gasteiger partial charge in [-0.25, -0.2) is 8.78 Å². The first-order valence-corrected chi connectivity index (χ1v) is 5.95. The normalized spacial score (nSPS) is 10.4. The first-order valence-electron chi connectivity index (χ1n) is 5.95. The van der Waals surface area contributed by atoms with Gasteiger partial charge in [0, 0.05) is 6.07 Å². The van der Waals surface area contributed by atoms with Gasteiger partial charge in [-0.05, 0) is 29.3 Å². The highest BCUT2D eigenvalue weighted by Gasteiger charge is 2.11. The number of nitro benzene ring substituents is 1. The van der Waals surface area contributed by atoms with Crippen LogP contribution in [0.5, 0.6) is 5.75 Å². The van der Waals surface area contributed by atoms with E-state index in [4.69, 9.17) is 9.84 Å². The van der Waals surface area contributed by atoms with Crippen LogP contribution in [0.4, 0.5) is 14.5 Å². The van der Waals surface area contributed by atoms with Crippen LogP contribution in [-0.2, 0) is 13.2 Å². The van der Waals surface area contributed by atoms with Crippen LogP contribution < -0.4 is 4.74 Å². The molecule has 0 atom stereocenters. The van der Waals surface area contributed by atoms with Gasteiger partial charge in [-0.15, -0.1) is 0 Å². The lowest BCUT2D eigenvalue weighted by molar-refractivity contribution is -0.385. The first-order chi connectivity index (χ1) is 9.99. The molecule has 0 bridgehead atoms. The number of rotatable bonds is 5. The average Bonchev–Trinajstić information content (AvgIpc) is 2.45. The Morgan fingerprint density at radius 3 is 2.52 bits per heavy atom. The van der Waals surface area contributed by atoms with Gasteiger partial charge in [-0.3, -0.25) is 10.1 Å². The van der Waals surface area contributed by atoms with Crippen molar-refractivity contribution in [2.24, 2.45) is 0 Å². The Bertz CT molecular complexity index is 676. The molecule has 0 saturated carbocycles. The van der Waals surface area contributed by atoms with E-state index in [9.17, 15) is 18.9 Å². The molecule has 0 aliphatic rings. The summed E-state index contributed by atoms with van der Waals surface area (Å²) in [6.45, 7) is -0.513. The van der Waals surface area contributed by atoms with Crippen LogP contribution >= 0.6 is 0 Å². The molecule has 21 heavy (non-hydrogen) atoms. The van der Waals surface area contributed by atoms with E-state index in [0.29, 0.717) is 5.56 Å². The highest BCUT2D eigenvalue weighted by molar-refractivity contribution is 5.35. The second-order valence-electron chi connectivity index (χ2n) is 4.29. The van der Waals surface area contributed by atoms with Gasteiger partial charge < -0.3 is 9.84 Å². The smallest absolute Gasteiger partial charge is 0.272 e. The summed E-state index contributed by atoms with van der Waals surface area (Å²) in [4.78, 5) is 9.90. The van der Waals surface area contributed by atoms with Crippen molar-refractivity contribution in [2.75, 3.05) is 0 Å². The van der Waals surface area contributed by atoms with Crippen LogP contribution in [0.15, 0.2) is 36.4 Å². The van der Waals surface area contributed by atoms with Crippen LogP contribution in [-0.4, -0.2) is 10.0 Å². The number of hydrogen-bond acceptors (Lipinski definition) is 4. The lowest BCUT2D eigenvalue weighted by atomic mass is 10.2. The van der Waals surface area contributed by atoms with Crippen LogP contribution in [0.1, 0.15) is 11.1 Å². The zero-order valence-electron chi connectivity index (χ0n) is 10.8. The average molecular weight is 295 g/mol. The molecule has 0 saturated heterocycles. The van der Waals surface area contributed by atoms with E-state index in [1.54, 1.807) is 0 Å². The Kier molecular flexibility index (Phi) is 4.44. The van der Waals surface area contributed by atoms with E-state index >= 15 is 0 Å². The molecule has 110 valence electrons. The van der Waals surface area contributed by atoms with Crippen molar-refractivity contribution >= 4 is 5.69 Å². The summed E-state index contributed by atoms with van der Waals surface area (Å²) in [6, 6.07) is 6.95. The SMILES string of the molecule is O=[N+]([O-])c1cc(F)cc(COc2ccc(CO)cc2F)c1. The molecule has 0 aliphatic carbocycles. The van der Waals surface area contributed by atoms with Crippen LogP contribution in [0.3, 0.4) is 0 Å². The molecule has 2 aromatic rings. The second-order valence-corrected chi connectivity index (χ2v) is 4.29. The van der Waals surface area contributed by atoms with Gasteiger partial charge in [0.15, 0.2) is 11.6 Å². The fraction of sp³-hybridized carbons (Fsp3) is 0.143. The van der Waals surface area contributed by atoms with Gasteiger partial charge in [0.05, 0.1) is 17.6 Å². The highest BCUT2D eigenvalue weighted by Crippen LogP contribution is 2.21. The Balaban J connectivity index is 2.14. The molecule has 7 heteroatoms. The number of benzene rings is 2. The molecule has 2 aromatic carbocycles. The molecule has 2 rings (SSSR count). The Hall–Kier alpha value is -2.54. The van der Waals surface area contributed by atoms with E-state index in [2.05, 4.69) is 0 Å². The molecule has 0 fully saturated rings. The maximum Gasteiger partial charge on any atom is 0.272 e.